The molecule has 1 amide bonds. The number of allylic oxidation sites excluding steroid dienone is 1. The number of esters is 1. The lowest BCUT2D eigenvalue weighted by molar-refractivity contribution is -0.137. The van der Waals surface area contributed by atoms with Crippen molar-refractivity contribution in [3.05, 3.63) is 11.8 Å². The van der Waals surface area contributed by atoms with Crippen LogP contribution in [0.15, 0.2) is 11.8 Å². The van der Waals surface area contributed by atoms with E-state index in [1.807, 2.05) is 6.92 Å². The monoisotopic (exact) mass is 171 g/mol. The van der Waals surface area contributed by atoms with Gasteiger partial charge in [-0.05, 0) is 6.42 Å². The lowest BCUT2D eigenvalue weighted by atomic mass is 10.3. The van der Waals surface area contributed by atoms with E-state index in [4.69, 9.17) is 0 Å². The molecule has 0 bridgehead atoms. The van der Waals surface area contributed by atoms with Gasteiger partial charge in [-0.2, -0.15) is 0 Å². The maximum absolute atomic E-state index is 10.9. The SMILES string of the molecule is CCC/C=C(/NC=O)C(=O)OC. The average molecular weight is 171 g/mol. The van der Waals surface area contributed by atoms with Gasteiger partial charge < -0.3 is 10.1 Å². The number of carbonyl (C=O) groups excluding carboxylic acids is 2. The topological polar surface area (TPSA) is 55.4 Å². The van der Waals surface area contributed by atoms with Gasteiger partial charge in [0.1, 0.15) is 5.70 Å². The summed E-state index contributed by atoms with van der Waals surface area (Å²) >= 11 is 0. The summed E-state index contributed by atoms with van der Waals surface area (Å²) < 4.78 is 4.43. The van der Waals surface area contributed by atoms with Gasteiger partial charge in [-0.25, -0.2) is 4.79 Å². The van der Waals surface area contributed by atoms with Crippen molar-refractivity contribution in [2.24, 2.45) is 0 Å². The molecule has 0 atom stereocenters. The van der Waals surface area contributed by atoms with Crippen molar-refractivity contribution in [2.45, 2.75) is 19.8 Å². The van der Waals surface area contributed by atoms with Crippen LogP contribution in [0.2, 0.25) is 0 Å². The van der Waals surface area contributed by atoms with Gasteiger partial charge in [0.25, 0.3) is 0 Å². The molecule has 0 aliphatic rings. The van der Waals surface area contributed by atoms with Gasteiger partial charge in [0, 0.05) is 0 Å². The summed E-state index contributed by atoms with van der Waals surface area (Å²) in [5.41, 5.74) is 0.203. The second-order valence-corrected chi connectivity index (χ2v) is 2.16. The predicted octanol–water partition coefficient (Wildman–Crippen LogP) is 0.589. The minimum absolute atomic E-state index is 0.203. The van der Waals surface area contributed by atoms with Crippen molar-refractivity contribution in [3.63, 3.8) is 0 Å². The molecule has 1 N–H and O–H groups in total. The molecule has 0 aromatic rings. The minimum Gasteiger partial charge on any atom is -0.464 e. The third kappa shape index (κ3) is 3.75. The highest BCUT2D eigenvalue weighted by atomic mass is 16.5. The lowest BCUT2D eigenvalue weighted by Gasteiger charge is -2.01. The zero-order valence-corrected chi connectivity index (χ0v) is 7.29. The summed E-state index contributed by atoms with van der Waals surface area (Å²) in [6.07, 6.45) is 3.75. The Labute approximate surface area is 71.6 Å². The van der Waals surface area contributed by atoms with E-state index in [1.54, 1.807) is 6.08 Å². The first-order valence-electron chi connectivity index (χ1n) is 3.74. The first-order chi connectivity index (χ1) is 5.76. The van der Waals surface area contributed by atoms with Crippen LogP contribution in [0.4, 0.5) is 0 Å². The molecule has 12 heavy (non-hydrogen) atoms. The van der Waals surface area contributed by atoms with E-state index in [2.05, 4.69) is 10.1 Å². The number of carbonyl (C=O) groups is 2. The quantitative estimate of drug-likeness (QED) is 0.374. The van der Waals surface area contributed by atoms with Crippen LogP contribution >= 0.6 is 0 Å². The van der Waals surface area contributed by atoms with Crippen molar-refractivity contribution >= 4 is 12.4 Å². The maximum atomic E-state index is 10.9. The van der Waals surface area contributed by atoms with Crippen molar-refractivity contribution in [3.8, 4) is 0 Å². The third-order valence-electron chi connectivity index (χ3n) is 1.26. The lowest BCUT2D eigenvalue weighted by Crippen LogP contribution is -2.19. The molecule has 0 heterocycles. The number of unbranched alkanes of at least 4 members (excludes halogenated alkanes) is 1. The molecule has 4 nitrogen and oxygen atoms in total. The molecule has 4 heteroatoms. The minimum atomic E-state index is -0.518. The van der Waals surface area contributed by atoms with Crippen LogP contribution in [0.25, 0.3) is 0 Å². The van der Waals surface area contributed by atoms with Gasteiger partial charge in [-0.15, -0.1) is 0 Å². The van der Waals surface area contributed by atoms with E-state index in [-0.39, 0.29) is 5.70 Å². The maximum Gasteiger partial charge on any atom is 0.354 e. The van der Waals surface area contributed by atoms with E-state index in [0.29, 0.717) is 6.41 Å². The molecule has 0 aliphatic heterocycles. The summed E-state index contributed by atoms with van der Waals surface area (Å²) in [6, 6.07) is 0. The van der Waals surface area contributed by atoms with E-state index in [9.17, 15) is 9.59 Å². The summed E-state index contributed by atoms with van der Waals surface area (Å²) in [5, 5.41) is 2.27. The Morgan fingerprint density at radius 2 is 2.25 bits per heavy atom. The Kier molecular flexibility index (Phi) is 5.69. The highest BCUT2D eigenvalue weighted by Crippen LogP contribution is 1.96. The number of ether oxygens (including phenoxy) is 1. The van der Waals surface area contributed by atoms with Crippen LogP contribution in [-0.2, 0) is 14.3 Å². The smallest absolute Gasteiger partial charge is 0.354 e. The number of hydrogen-bond acceptors (Lipinski definition) is 3. The molecule has 0 aromatic heterocycles. The first-order valence-corrected chi connectivity index (χ1v) is 3.74. The normalized spacial score (nSPS) is 10.7. The highest BCUT2D eigenvalue weighted by Gasteiger charge is 2.06. The van der Waals surface area contributed by atoms with Gasteiger partial charge in [0.05, 0.1) is 7.11 Å². The van der Waals surface area contributed by atoms with E-state index in [1.165, 1.54) is 7.11 Å². The van der Waals surface area contributed by atoms with Gasteiger partial charge >= 0.3 is 5.97 Å². The first kappa shape index (κ1) is 10.7. The fraction of sp³-hybridized carbons (Fsp3) is 0.500. The Balaban J connectivity index is 4.20. The number of nitrogens with one attached hydrogen (secondary N) is 1. The van der Waals surface area contributed by atoms with Gasteiger partial charge in [0.15, 0.2) is 0 Å². The van der Waals surface area contributed by atoms with Crippen molar-refractivity contribution in [2.75, 3.05) is 7.11 Å². The van der Waals surface area contributed by atoms with Crippen molar-refractivity contribution in [1.29, 1.82) is 0 Å². The summed E-state index contributed by atoms with van der Waals surface area (Å²) in [5.74, 6) is -0.518. The van der Waals surface area contributed by atoms with Crippen LogP contribution in [0.5, 0.6) is 0 Å². The van der Waals surface area contributed by atoms with Crippen LogP contribution in [0, 0.1) is 0 Å². The third-order valence-corrected chi connectivity index (χ3v) is 1.26. The Morgan fingerprint density at radius 1 is 1.58 bits per heavy atom. The van der Waals surface area contributed by atoms with Crippen LogP contribution in [-0.4, -0.2) is 19.5 Å². The van der Waals surface area contributed by atoms with E-state index < -0.39 is 5.97 Å². The number of amides is 1. The average Bonchev–Trinajstić information content (AvgIpc) is 2.11. The molecule has 68 valence electrons. The Morgan fingerprint density at radius 3 is 2.67 bits per heavy atom. The van der Waals surface area contributed by atoms with E-state index >= 15 is 0 Å². The van der Waals surface area contributed by atoms with E-state index in [0.717, 1.165) is 12.8 Å². The van der Waals surface area contributed by atoms with Crippen LogP contribution in [0.1, 0.15) is 19.8 Å². The second kappa shape index (κ2) is 6.39. The zero-order chi connectivity index (χ0) is 9.40. The number of methoxy groups -OCH3 is 1. The fourth-order valence-electron chi connectivity index (χ4n) is 0.663. The van der Waals surface area contributed by atoms with Gasteiger partial charge in [-0.1, -0.05) is 19.4 Å². The van der Waals surface area contributed by atoms with Crippen molar-refractivity contribution < 1.29 is 14.3 Å². The van der Waals surface area contributed by atoms with Crippen LogP contribution < -0.4 is 5.32 Å². The molecule has 0 radical (unpaired) electrons. The largest absolute Gasteiger partial charge is 0.464 e. The van der Waals surface area contributed by atoms with Crippen LogP contribution in [0.3, 0.4) is 0 Å². The summed E-state index contributed by atoms with van der Waals surface area (Å²) in [6.45, 7) is 1.98. The molecule has 0 rings (SSSR count). The number of rotatable bonds is 5. The molecule has 0 saturated carbocycles. The molecule has 0 aliphatic carbocycles. The Bertz CT molecular complexity index is 187. The molecule has 0 unspecified atom stereocenters. The molecular weight excluding hydrogens is 158 g/mol. The fourth-order valence-corrected chi connectivity index (χ4v) is 0.663. The molecule has 0 fully saturated rings. The Hall–Kier alpha value is -1.32. The van der Waals surface area contributed by atoms with Gasteiger partial charge in [-0.3, -0.25) is 4.79 Å². The second-order valence-electron chi connectivity index (χ2n) is 2.16. The standard InChI is InChI=1S/C8H13NO3/c1-3-4-5-7(9-6-10)8(11)12-2/h5-6H,3-4H2,1-2H3,(H,9,10)/b7-5+. The number of hydrogen-bond donors (Lipinski definition) is 1. The summed E-state index contributed by atoms with van der Waals surface area (Å²) in [7, 11) is 1.27. The summed E-state index contributed by atoms with van der Waals surface area (Å²) in [4.78, 5) is 20.9. The molecule has 0 saturated heterocycles. The van der Waals surface area contributed by atoms with Crippen molar-refractivity contribution in [1.82, 2.24) is 5.32 Å². The highest BCUT2D eigenvalue weighted by molar-refractivity contribution is 5.89. The zero-order valence-electron chi connectivity index (χ0n) is 7.29. The predicted molar refractivity (Wildman–Crippen MR) is 44.2 cm³/mol. The molecule has 0 spiro atoms. The molecular formula is C8H13NO3. The molecule has 0 aromatic carbocycles. The van der Waals surface area contributed by atoms with Gasteiger partial charge in [0.2, 0.25) is 6.41 Å².